The second-order valence-electron chi connectivity index (χ2n) is 5.42. The molecule has 20 heavy (non-hydrogen) atoms. The SMILES string of the molecule is CSCC[C@@H](NC(=O)NC1CCN(C)CC1C)C(=O)O. The molecule has 1 fully saturated rings. The van der Waals surface area contributed by atoms with E-state index in [1.54, 1.807) is 11.8 Å². The van der Waals surface area contributed by atoms with Crippen molar-refractivity contribution in [3.05, 3.63) is 0 Å². The van der Waals surface area contributed by atoms with Crippen LogP contribution >= 0.6 is 11.8 Å². The van der Waals surface area contributed by atoms with Gasteiger partial charge in [0.2, 0.25) is 0 Å². The second kappa shape index (κ2) is 8.36. The number of piperidine rings is 1. The minimum Gasteiger partial charge on any atom is -0.480 e. The summed E-state index contributed by atoms with van der Waals surface area (Å²) in [6.07, 6.45) is 3.25. The number of amides is 2. The Kier molecular flexibility index (Phi) is 7.15. The first-order chi connectivity index (χ1) is 9.43. The van der Waals surface area contributed by atoms with Crippen molar-refractivity contribution in [1.29, 1.82) is 0 Å². The average Bonchev–Trinajstić information content (AvgIpc) is 2.37. The molecule has 0 aliphatic carbocycles. The van der Waals surface area contributed by atoms with Crippen molar-refractivity contribution in [1.82, 2.24) is 15.5 Å². The number of likely N-dealkylation sites (tertiary alicyclic amines) is 1. The van der Waals surface area contributed by atoms with Crippen molar-refractivity contribution in [3.8, 4) is 0 Å². The molecule has 1 aliphatic rings. The monoisotopic (exact) mass is 303 g/mol. The highest BCUT2D eigenvalue weighted by molar-refractivity contribution is 7.98. The molecule has 116 valence electrons. The molecule has 0 radical (unpaired) electrons. The van der Waals surface area contributed by atoms with Crippen molar-refractivity contribution >= 4 is 23.8 Å². The third-order valence-corrected chi connectivity index (χ3v) is 4.28. The summed E-state index contributed by atoms with van der Waals surface area (Å²) in [6.45, 7) is 3.99. The lowest BCUT2D eigenvalue weighted by Crippen LogP contribution is -2.54. The lowest BCUT2D eigenvalue weighted by atomic mass is 9.94. The van der Waals surface area contributed by atoms with E-state index in [2.05, 4.69) is 29.5 Å². The largest absolute Gasteiger partial charge is 0.480 e. The molecule has 1 rings (SSSR count). The zero-order valence-electron chi connectivity index (χ0n) is 12.4. The first-order valence-electron chi connectivity index (χ1n) is 6.91. The Labute approximate surface area is 124 Å². The third-order valence-electron chi connectivity index (χ3n) is 3.64. The van der Waals surface area contributed by atoms with Gasteiger partial charge in [-0.15, -0.1) is 0 Å². The standard InChI is InChI=1S/C13H25N3O3S/c1-9-8-16(2)6-4-10(9)14-13(19)15-11(12(17)18)5-7-20-3/h9-11H,4-8H2,1-3H3,(H,17,18)(H2,14,15,19)/t9?,10?,11-/m1/s1. The lowest BCUT2D eigenvalue weighted by Gasteiger charge is -2.35. The van der Waals surface area contributed by atoms with Crippen molar-refractivity contribution in [2.45, 2.75) is 31.8 Å². The van der Waals surface area contributed by atoms with E-state index in [1.165, 1.54) is 0 Å². The summed E-state index contributed by atoms with van der Waals surface area (Å²) in [5.41, 5.74) is 0. The van der Waals surface area contributed by atoms with Crippen LogP contribution in [0.3, 0.4) is 0 Å². The van der Waals surface area contributed by atoms with E-state index in [0.29, 0.717) is 18.1 Å². The fraction of sp³-hybridized carbons (Fsp3) is 0.846. The maximum atomic E-state index is 11.9. The van der Waals surface area contributed by atoms with Gasteiger partial charge in [0, 0.05) is 12.6 Å². The molecule has 2 unspecified atom stereocenters. The Bertz CT molecular complexity index is 341. The summed E-state index contributed by atoms with van der Waals surface area (Å²) < 4.78 is 0. The Balaban J connectivity index is 2.43. The van der Waals surface area contributed by atoms with E-state index < -0.39 is 12.0 Å². The van der Waals surface area contributed by atoms with Gasteiger partial charge >= 0.3 is 12.0 Å². The fourth-order valence-corrected chi connectivity index (χ4v) is 2.90. The van der Waals surface area contributed by atoms with Gasteiger partial charge in [-0.2, -0.15) is 11.8 Å². The van der Waals surface area contributed by atoms with Crippen molar-refractivity contribution in [2.75, 3.05) is 32.1 Å². The summed E-state index contributed by atoms with van der Waals surface area (Å²) in [4.78, 5) is 25.2. The second-order valence-corrected chi connectivity index (χ2v) is 6.41. The van der Waals surface area contributed by atoms with Crippen LogP contribution in [-0.2, 0) is 4.79 Å². The lowest BCUT2D eigenvalue weighted by molar-refractivity contribution is -0.139. The minimum absolute atomic E-state index is 0.112. The van der Waals surface area contributed by atoms with Gasteiger partial charge in [0.25, 0.3) is 0 Å². The molecule has 2 amide bonds. The number of hydrogen-bond donors (Lipinski definition) is 3. The van der Waals surface area contributed by atoms with E-state index in [-0.39, 0.29) is 12.1 Å². The zero-order valence-corrected chi connectivity index (χ0v) is 13.2. The summed E-state index contributed by atoms with van der Waals surface area (Å²) >= 11 is 1.57. The molecule has 0 aromatic heterocycles. The van der Waals surface area contributed by atoms with Gasteiger partial charge in [0.05, 0.1) is 0 Å². The highest BCUT2D eigenvalue weighted by atomic mass is 32.2. The Morgan fingerprint density at radius 3 is 2.75 bits per heavy atom. The number of carboxylic acid groups (broad SMARTS) is 1. The molecule has 3 N–H and O–H groups in total. The fourth-order valence-electron chi connectivity index (χ4n) is 2.43. The Morgan fingerprint density at radius 2 is 2.20 bits per heavy atom. The molecule has 0 saturated carbocycles. The first kappa shape index (κ1) is 17.1. The normalized spacial score (nSPS) is 24.9. The van der Waals surface area contributed by atoms with E-state index in [9.17, 15) is 9.59 Å². The summed E-state index contributed by atoms with van der Waals surface area (Å²) in [7, 11) is 2.07. The molecule has 0 aromatic rings. The highest BCUT2D eigenvalue weighted by Gasteiger charge is 2.27. The highest BCUT2D eigenvalue weighted by Crippen LogP contribution is 2.15. The molecular weight excluding hydrogens is 278 g/mol. The van der Waals surface area contributed by atoms with E-state index in [4.69, 9.17) is 5.11 Å². The maximum Gasteiger partial charge on any atom is 0.326 e. The van der Waals surface area contributed by atoms with Gasteiger partial charge in [0.15, 0.2) is 0 Å². The smallest absolute Gasteiger partial charge is 0.326 e. The van der Waals surface area contributed by atoms with E-state index in [1.807, 2.05) is 6.26 Å². The average molecular weight is 303 g/mol. The van der Waals surface area contributed by atoms with Crippen LogP contribution in [0.5, 0.6) is 0 Å². The molecule has 7 heteroatoms. The minimum atomic E-state index is -0.981. The van der Waals surface area contributed by atoms with Crippen LogP contribution in [0.2, 0.25) is 0 Å². The maximum absolute atomic E-state index is 11.9. The van der Waals surface area contributed by atoms with Crippen molar-refractivity contribution in [2.24, 2.45) is 5.92 Å². The molecule has 1 heterocycles. The topological polar surface area (TPSA) is 81.7 Å². The van der Waals surface area contributed by atoms with E-state index >= 15 is 0 Å². The number of urea groups is 1. The van der Waals surface area contributed by atoms with Gasteiger partial charge in [-0.3, -0.25) is 0 Å². The number of thioether (sulfide) groups is 1. The quantitative estimate of drug-likeness (QED) is 0.677. The predicted octanol–water partition coefficient (Wildman–Crippen LogP) is 0.832. The number of hydrogen-bond acceptors (Lipinski definition) is 4. The molecular formula is C13H25N3O3S. The summed E-state index contributed by atoms with van der Waals surface area (Å²) in [5, 5.41) is 14.5. The van der Waals surface area contributed by atoms with Crippen LogP contribution in [0.4, 0.5) is 4.79 Å². The van der Waals surface area contributed by atoms with Gasteiger partial charge in [-0.05, 0) is 44.4 Å². The summed E-state index contributed by atoms with van der Waals surface area (Å²) in [5.74, 6) is 0.0987. The van der Waals surface area contributed by atoms with Crippen molar-refractivity contribution < 1.29 is 14.7 Å². The number of nitrogens with zero attached hydrogens (tertiary/aromatic N) is 1. The Morgan fingerprint density at radius 1 is 1.50 bits per heavy atom. The van der Waals surface area contributed by atoms with Crippen LogP contribution in [0.15, 0.2) is 0 Å². The van der Waals surface area contributed by atoms with Crippen LogP contribution < -0.4 is 10.6 Å². The molecule has 1 saturated heterocycles. The molecule has 0 bridgehead atoms. The van der Waals surface area contributed by atoms with Gasteiger partial charge < -0.3 is 20.6 Å². The van der Waals surface area contributed by atoms with Crippen LogP contribution in [0.1, 0.15) is 19.8 Å². The van der Waals surface area contributed by atoms with Gasteiger partial charge in [0.1, 0.15) is 6.04 Å². The van der Waals surface area contributed by atoms with Crippen LogP contribution in [0, 0.1) is 5.92 Å². The molecule has 1 aliphatic heterocycles. The van der Waals surface area contributed by atoms with Crippen molar-refractivity contribution in [3.63, 3.8) is 0 Å². The van der Waals surface area contributed by atoms with Gasteiger partial charge in [-0.25, -0.2) is 9.59 Å². The van der Waals surface area contributed by atoms with Gasteiger partial charge in [-0.1, -0.05) is 6.92 Å². The molecule has 6 nitrogen and oxygen atoms in total. The molecule has 0 spiro atoms. The number of carbonyl (C=O) groups is 2. The van der Waals surface area contributed by atoms with Crippen LogP contribution in [0.25, 0.3) is 0 Å². The van der Waals surface area contributed by atoms with Crippen LogP contribution in [-0.4, -0.2) is 66.2 Å². The number of rotatable bonds is 6. The Hall–Kier alpha value is -0.950. The predicted molar refractivity (Wildman–Crippen MR) is 81.2 cm³/mol. The molecule has 3 atom stereocenters. The number of aliphatic carboxylic acids is 1. The third kappa shape index (κ3) is 5.58. The number of carbonyl (C=O) groups excluding carboxylic acids is 1. The van der Waals surface area contributed by atoms with E-state index in [0.717, 1.165) is 19.5 Å². The number of nitrogens with one attached hydrogen (secondary N) is 2. The zero-order chi connectivity index (χ0) is 15.1. The number of carboxylic acids is 1. The molecule has 0 aromatic carbocycles. The first-order valence-corrected chi connectivity index (χ1v) is 8.30. The summed E-state index contributed by atoms with van der Waals surface area (Å²) in [6, 6.07) is -1.08.